The zero-order valence-electron chi connectivity index (χ0n) is 15.5. The molecule has 0 spiro atoms. The van der Waals surface area contributed by atoms with Crippen molar-refractivity contribution in [3.8, 4) is 0 Å². The molecule has 138 valence electrons. The molecule has 3 atom stereocenters. The predicted molar refractivity (Wildman–Crippen MR) is 99.3 cm³/mol. The third-order valence-electron chi connectivity index (χ3n) is 4.97. The fourth-order valence-corrected chi connectivity index (χ4v) is 3.91. The number of nitrogens with zero attached hydrogens (tertiary/aromatic N) is 1. The van der Waals surface area contributed by atoms with Crippen molar-refractivity contribution < 1.29 is 19.0 Å². The Morgan fingerprint density at radius 3 is 2.62 bits per heavy atom. The van der Waals surface area contributed by atoms with E-state index < -0.39 is 11.4 Å². The second-order valence-corrected chi connectivity index (χ2v) is 6.92. The van der Waals surface area contributed by atoms with Crippen LogP contribution >= 0.6 is 0 Å². The van der Waals surface area contributed by atoms with E-state index in [0.717, 1.165) is 5.56 Å². The largest absolute Gasteiger partial charge is 0.361 e. The molecule has 2 fully saturated rings. The molecular formula is C21H25NO4. The number of hydrogen-bond acceptors (Lipinski definition) is 4. The standard InChI is InChI=1S/C21H25NO4/c1-6-13-22-18(17-14-25-20(3,4)26-17)21(24-5,19(22)23)16(7-2)15-11-9-8-10-12-15/h6,8-12,17-18H,1-2,13-14H2,3-5H3/t17-,18+,21-/m1/s1. The number of benzene rings is 1. The van der Waals surface area contributed by atoms with Crippen LogP contribution in [0.15, 0.2) is 55.3 Å². The van der Waals surface area contributed by atoms with Crippen LogP contribution in [0.1, 0.15) is 19.4 Å². The maximum Gasteiger partial charge on any atom is 0.263 e. The molecule has 0 saturated carbocycles. The number of carbonyl (C=O) groups excluding carboxylic acids is 1. The molecule has 3 rings (SSSR count). The van der Waals surface area contributed by atoms with E-state index in [-0.39, 0.29) is 18.1 Å². The molecule has 0 radical (unpaired) electrons. The van der Waals surface area contributed by atoms with Crippen molar-refractivity contribution >= 4 is 11.5 Å². The summed E-state index contributed by atoms with van der Waals surface area (Å²) >= 11 is 0. The molecular weight excluding hydrogens is 330 g/mol. The van der Waals surface area contributed by atoms with Crippen LogP contribution in [0.4, 0.5) is 0 Å². The van der Waals surface area contributed by atoms with Crippen LogP contribution in [0.5, 0.6) is 0 Å². The highest BCUT2D eigenvalue weighted by Crippen LogP contribution is 2.47. The summed E-state index contributed by atoms with van der Waals surface area (Å²) in [5.74, 6) is -0.846. The van der Waals surface area contributed by atoms with Gasteiger partial charge in [0.15, 0.2) is 5.79 Å². The van der Waals surface area contributed by atoms with E-state index in [1.54, 1.807) is 11.0 Å². The Hall–Kier alpha value is -2.17. The second kappa shape index (κ2) is 6.86. The van der Waals surface area contributed by atoms with E-state index in [0.29, 0.717) is 18.7 Å². The summed E-state index contributed by atoms with van der Waals surface area (Å²) in [5, 5.41) is 0. The second-order valence-electron chi connectivity index (χ2n) is 6.92. The predicted octanol–water partition coefficient (Wildman–Crippen LogP) is 2.79. The van der Waals surface area contributed by atoms with Gasteiger partial charge in [0.05, 0.1) is 6.61 Å². The van der Waals surface area contributed by atoms with E-state index in [1.807, 2.05) is 44.2 Å². The molecule has 1 amide bonds. The normalized spacial score (nSPS) is 29.8. The molecule has 0 unspecified atom stereocenters. The molecule has 2 saturated heterocycles. The van der Waals surface area contributed by atoms with Gasteiger partial charge in [0, 0.05) is 19.2 Å². The first-order chi connectivity index (χ1) is 12.4. The minimum atomic E-state index is -1.21. The number of likely N-dealkylation sites (tertiary alicyclic amines) is 1. The monoisotopic (exact) mass is 355 g/mol. The van der Waals surface area contributed by atoms with Crippen molar-refractivity contribution in [1.29, 1.82) is 0 Å². The van der Waals surface area contributed by atoms with Crippen molar-refractivity contribution in [3.05, 3.63) is 60.9 Å². The number of methoxy groups -OCH3 is 1. The van der Waals surface area contributed by atoms with Gasteiger partial charge in [0.1, 0.15) is 12.1 Å². The Balaban J connectivity index is 2.06. The smallest absolute Gasteiger partial charge is 0.263 e. The summed E-state index contributed by atoms with van der Waals surface area (Å²) in [5.41, 5.74) is 3.20. The third-order valence-corrected chi connectivity index (χ3v) is 4.97. The van der Waals surface area contributed by atoms with Crippen molar-refractivity contribution in [1.82, 2.24) is 4.90 Å². The summed E-state index contributed by atoms with van der Waals surface area (Å²) in [6, 6.07) is 9.23. The highest BCUT2D eigenvalue weighted by atomic mass is 16.7. The van der Waals surface area contributed by atoms with E-state index >= 15 is 0 Å². The fourth-order valence-electron chi connectivity index (χ4n) is 3.91. The maximum absolute atomic E-state index is 13.2. The summed E-state index contributed by atoms with van der Waals surface area (Å²) in [6.07, 6.45) is 1.38. The van der Waals surface area contributed by atoms with Crippen LogP contribution in [0.2, 0.25) is 0 Å². The molecule has 26 heavy (non-hydrogen) atoms. The van der Waals surface area contributed by atoms with Gasteiger partial charge in [-0.25, -0.2) is 0 Å². The number of carbonyl (C=O) groups is 1. The molecule has 0 aromatic heterocycles. The zero-order valence-corrected chi connectivity index (χ0v) is 15.5. The van der Waals surface area contributed by atoms with Gasteiger partial charge in [-0.2, -0.15) is 0 Å². The van der Waals surface area contributed by atoms with E-state index in [9.17, 15) is 4.79 Å². The van der Waals surface area contributed by atoms with E-state index in [2.05, 4.69) is 18.9 Å². The first-order valence-electron chi connectivity index (χ1n) is 8.66. The third kappa shape index (κ3) is 2.74. The molecule has 2 aliphatic rings. The van der Waals surface area contributed by atoms with Crippen LogP contribution in [-0.4, -0.2) is 54.6 Å². The van der Waals surface area contributed by atoms with Gasteiger partial charge in [-0.15, -0.1) is 12.3 Å². The molecule has 0 N–H and O–H groups in total. The lowest BCUT2D eigenvalue weighted by atomic mass is 9.71. The van der Waals surface area contributed by atoms with Gasteiger partial charge in [0.25, 0.3) is 5.91 Å². The van der Waals surface area contributed by atoms with Crippen LogP contribution in [0.25, 0.3) is 5.57 Å². The Morgan fingerprint density at radius 1 is 1.42 bits per heavy atom. The summed E-state index contributed by atoms with van der Waals surface area (Å²) < 4.78 is 17.7. The number of rotatable bonds is 6. The molecule has 1 aromatic rings. The molecule has 5 heteroatoms. The van der Waals surface area contributed by atoms with Gasteiger partial charge < -0.3 is 19.1 Å². The van der Waals surface area contributed by atoms with Gasteiger partial charge in [0.2, 0.25) is 5.60 Å². The summed E-state index contributed by atoms with van der Waals surface area (Å²) in [6.45, 7) is 12.1. The topological polar surface area (TPSA) is 48.0 Å². The molecule has 2 aliphatic heterocycles. The van der Waals surface area contributed by atoms with Gasteiger partial charge in [-0.05, 0) is 19.4 Å². The van der Waals surface area contributed by atoms with E-state index in [4.69, 9.17) is 14.2 Å². The molecule has 1 aromatic carbocycles. The van der Waals surface area contributed by atoms with Crippen molar-refractivity contribution in [3.63, 3.8) is 0 Å². The highest BCUT2D eigenvalue weighted by Gasteiger charge is 2.67. The number of β-lactam (4-membered cyclic amide) rings is 1. The highest BCUT2D eigenvalue weighted by molar-refractivity contribution is 6.06. The quantitative estimate of drug-likeness (QED) is 0.447. The number of ether oxygens (including phenoxy) is 3. The fraction of sp³-hybridized carbons (Fsp3) is 0.429. The lowest BCUT2D eigenvalue weighted by molar-refractivity contribution is -0.206. The lowest BCUT2D eigenvalue weighted by Crippen LogP contribution is -2.78. The van der Waals surface area contributed by atoms with Crippen molar-refractivity contribution in [2.24, 2.45) is 0 Å². The SMILES string of the molecule is C=C=C(c1ccccc1)[C@]1(OC)C(=O)N(CC=C)[C@H]1[C@H]1COC(C)(C)O1. The minimum absolute atomic E-state index is 0.145. The molecule has 5 nitrogen and oxygen atoms in total. The summed E-state index contributed by atoms with van der Waals surface area (Å²) in [7, 11) is 1.54. The van der Waals surface area contributed by atoms with Gasteiger partial charge in [-0.3, -0.25) is 4.79 Å². The average Bonchev–Trinajstić information content (AvgIpc) is 2.99. The Kier molecular flexibility index (Phi) is 4.91. The number of amides is 1. The number of hydrogen-bond donors (Lipinski definition) is 0. The van der Waals surface area contributed by atoms with Crippen LogP contribution < -0.4 is 0 Å². The minimum Gasteiger partial charge on any atom is -0.361 e. The first kappa shape index (κ1) is 18.6. The van der Waals surface area contributed by atoms with Gasteiger partial charge in [-0.1, -0.05) is 43.0 Å². The molecule has 2 heterocycles. The van der Waals surface area contributed by atoms with Gasteiger partial charge >= 0.3 is 0 Å². The first-order valence-corrected chi connectivity index (χ1v) is 8.66. The maximum atomic E-state index is 13.2. The average molecular weight is 355 g/mol. The Bertz CT molecular complexity index is 751. The lowest BCUT2D eigenvalue weighted by Gasteiger charge is -2.56. The van der Waals surface area contributed by atoms with Crippen molar-refractivity contribution in [2.45, 2.75) is 37.4 Å². The van der Waals surface area contributed by atoms with Crippen molar-refractivity contribution in [2.75, 3.05) is 20.3 Å². The van der Waals surface area contributed by atoms with Crippen LogP contribution in [0.3, 0.4) is 0 Å². The summed E-state index contributed by atoms with van der Waals surface area (Å²) in [4.78, 5) is 14.9. The Labute approximate surface area is 154 Å². The zero-order chi connectivity index (χ0) is 18.9. The molecule has 0 aliphatic carbocycles. The molecule has 0 bridgehead atoms. The van der Waals surface area contributed by atoms with E-state index in [1.165, 1.54) is 7.11 Å². The Morgan fingerprint density at radius 2 is 2.12 bits per heavy atom. The van der Waals surface area contributed by atoms with Crippen LogP contribution in [-0.2, 0) is 19.0 Å². The van der Waals surface area contributed by atoms with Crippen LogP contribution in [0, 0.1) is 0 Å².